The van der Waals surface area contributed by atoms with E-state index in [1.165, 1.54) is 5.57 Å². The zero-order valence-corrected chi connectivity index (χ0v) is 29.8. The van der Waals surface area contributed by atoms with E-state index in [-0.39, 0.29) is 62.1 Å². The van der Waals surface area contributed by atoms with Crippen molar-refractivity contribution in [3.63, 3.8) is 0 Å². The van der Waals surface area contributed by atoms with Gasteiger partial charge >= 0.3 is 21.2 Å². The molecule has 3 fully saturated rings. The van der Waals surface area contributed by atoms with Crippen LogP contribution in [0.4, 0.5) is 0 Å². The first-order valence-electron chi connectivity index (χ1n) is 17.0. The van der Waals surface area contributed by atoms with Crippen LogP contribution in [0.15, 0.2) is 11.6 Å². The lowest BCUT2D eigenvalue weighted by Crippen LogP contribution is -2.51. The number of carbonyl (C=O) groups is 2. The molecule has 0 spiro atoms. The van der Waals surface area contributed by atoms with Crippen LogP contribution in [0.1, 0.15) is 113 Å². The summed E-state index contributed by atoms with van der Waals surface area (Å²) in [6.45, 7) is 13.7. The Morgan fingerprint density at radius 1 is 0.864 bits per heavy atom. The van der Waals surface area contributed by atoms with Crippen molar-refractivity contribution in [2.45, 2.75) is 124 Å². The number of carbonyl (C=O) groups excluding carboxylic acids is 2. The number of ether oxygens (including phenoxy) is 1. The van der Waals surface area contributed by atoms with Gasteiger partial charge in [0.1, 0.15) is 11.9 Å². The normalized spacial score (nSPS) is 33.7. The van der Waals surface area contributed by atoms with Crippen molar-refractivity contribution in [1.29, 1.82) is 0 Å². The van der Waals surface area contributed by atoms with Crippen LogP contribution in [0, 0.1) is 34.5 Å². The van der Waals surface area contributed by atoms with Crippen LogP contribution < -0.4 is 0 Å². The van der Waals surface area contributed by atoms with Crippen molar-refractivity contribution in [1.82, 2.24) is 0 Å². The molecule has 7 atom stereocenters. The highest BCUT2D eigenvalue weighted by Gasteiger charge is 2.59. The first kappa shape index (κ1) is 36.0. The van der Waals surface area contributed by atoms with E-state index in [0.717, 1.165) is 51.4 Å². The average molecular weight is 659 g/mol. The van der Waals surface area contributed by atoms with Gasteiger partial charge in [0, 0.05) is 18.8 Å². The highest BCUT2D eigenvalue weighted by molar-refractivity contribution is 7.72. The van der Waals surface area contributed by atoms with Gasteiger partial charge in [-0.15, -0.1) is 0 Å². The Labute approximate surface area is 265 Å². The monoisotopic (exact) mass is 658 g/mol. The van der Waals surface area contributed by atoms with Crippen LogP contribution in [0.2, 0.25) is 0 Å². The maximum absolute atomic E-state index is 13.8. The molecular formula is C33H56O9P2. The molecule has 4 aliphatic carbocycles. The second-order valence-corrected chi connectivity index (χ2v) is 18.5. The van der Waals surface area contributed by atoms with E-state index in [2.05, 4.69) is 19.9 Å². The number of Topliss-reactive ketones (excluding diaryl/α,β-unsaturated/α-hetero) is 1. The van der Waals surface area contributed by atoms with Gasteiger partial charge < -0.3 is 22.8 Å². The summed E-state index contributed by atoms with van der Waals surface area (Å²) in [4.78, 5) is 25.7. The highest BCUT2D eigenvalue weighted by atomic mass is 31.2. The molecule has 4 aliphatic rings. The largest absolute Gasteiger partial charge is 0.462 e. The van der Waals surface area contributed by atoms with Crippen LogP contribution in [0.25, 0.3) is 0 Å². The number of fused-ring (bicyclic) bond motifs is 5. The van der Waals surface area contributed by atoms with Crippen molar-refractivity contribution in [3.8, 4) is 0 Å². The molecule has 0 aromatic heterocycles. The molecule has 4 rings (SSSR count). The summed E-state index contributed by atoms with van der Waals surface area (Å²) in [5.41, 5.74) is 1.62. The van der Waals surface area contributed by atoms with E-state index in [9.17, 15) is 18.7 Å². The van der Waals surface area contributed by atoms with Crippen LogP contribution in [0.3, 0.4) is 0 Å². The Balaban J connectivity index is 1.43. The van der Waals surface area contributed by atoms with Gasteiger partial charge in [-0.2, -0.15) is 0 Å². The van der Waals surface area contributed by atoms with E-state index in [0.29, 0.717) is 23.5 Å². The predicted octanol–water partition coefficient (Wildman–Crippen LogP) is 8.70. The predicted molar refractivity (Wildman–Crippen MR) is 170 cm³/mol. The Morgan fingerprint density at radius 2 is 1.45 bits per heavy atom. The molecule has 44 heavy (non-hydrogen) atoms. The third-order valence-electron chi connectivity index (χ3n) is 11.4. The minimum atomic E-state index is -3.92. The van der Waals surface area contributed by atoms with Crippen molar-refractivity contribution in [3.05, 3.63) is 11.6 Å². The van der Waals surface area contributed by atoms with Crippen LogP contribution in [0.5, 0.6) is 0 Å². The zero-order valence-electron chi connectivity index (χ0n) is 28.0. The third kappa shape index (κ3) is 6.90. The van der Waals surface area contributed by atoms with Crippen LogP contribution in [-0.4, -0.2) is 49.7 Å². The fourth-order valence-electron chi connectivity index (χ4n) is 9.52. The van der Waals surface area contributed by atoms with Crippen LogP contribution >= 0.6 is 15.2 Å². The molecule has 0 amide bonds. The number of ketones is 1. The van der Waals surface area contributed by atoms with Crippen molar-refractivity contribution in [2.75, 3.05) is 26.4 Å². The Hall–Kier alpha value is -0.820. The SMILES string of the molecule is CCOP(=O)(OCC)C(CCC(=O)O[C@H]1CC[C@@]2(C)C(=CC[C@H]3[C@@H]4CC[C@H](C(C)=O)[C@@]4(C)CC[C@@H]32)C1)P(=O)(OCC)OCC. The Morgan fingerprint density at radius 3 is 2.00 bits per heavy atom. The van der Waals surface area contributed by atoms with Crippen molar-refractivity contribution >= 4 is 26.9 Å². The lowest BCUT2D eigenvalue weighted by molar-refractivity contribution is -0.151. The van der Waals surface area contributed by atoms with E-state index < -0.39 is 26.6 Å². The summed E-state index contributed by atoms with van der Waals surface area (Å²) in [5, 5.41) is -1.23. The highest BCUT2D eigenvalue weighted by Crippen LogP contribution is 2.72. The maximum Gasteiger partial charge on any atom is 0.345 e. The van der Waals surface area contributed by atoms with Gasteiger partial charge in [0.05, 0.1) is 26.4 Å². The van der Waals surface area contributed by atoms with Gasteiger partial charge in [-0.3, -0.25) is 18.7 Å². The van der Waals surface area contributed by atoms with Crippen molar-refractivity contribution < 1.29 is 41.6 Å². The second-order valence-electron chi connectivity index (χ2n) is 13.7. The first-order valence-corrected chi connectivity index (χ1v) is 20.2. The molecule has 0 heterocycles. The molecule has 0 aromatic carbocycles. The third-order valence-corrected chi connectivity index (χ3v) is 17.6. The van der Waals surface area contributed by atoms with E-state index in [4.69, 9.17) is 22.8 Å². The molecule has 252 valence electrons. The molecule has 0 N–H and O–H groups in total. The number of hydrogen-bond donors (Lipinski definition) is 0. The van der Waals surface area contributed by atoms with Crippen molar-refractivity contribution in [2.24, 2.45) is 34.5 Å². The molecule has 0 unspecified atom stereocenters. The Kier molecular flexibility index (Phi) is 11.9. The maximum atomic E-state index is 13.8. The Bertz CT molecular complexity index is 1120. The topological polar surface area (TPSA) is 114 Å². The first-order chi connectivity index (χ1) is 20.8. The lowest BCUT2D eigenvalue weighted by Gasteiger charge is -2.58. The average Bonchev–Trinajstić information content (AvgIpc) is 3.31. The summed E-state index contributed by atoms with van der Waals surface area (Å²) in [6.07, 6.45) is 10.00. The van der Waals surface area contributed by atoms with Gasteiger partial charge in [0.15, 0.2) is 5.40 Å². The molecule has 0 bridgehead atoms. The van der Waals surface area contributed by atoms with Gasteiger partial charge in [-0.05, 0) is 115 Å². The fourth-order valence-corrected chi connectivity index (χ4v) is 14.9. The van der Waals surface area contributed by atoms with E-state index in [1.807, 2.05) is 0 Å². The number of esters is 1. The molecule has 0 aliphatic heterocycles. The molecule has 0 aromatic rings. The summed E-state index contributed by atoms with van der Waals surface area (Å²) < 4.78 is 55.8. The van der Waals surface area contributed by atoms with Crippen LogP contribution in [-0.2, 0) is 41.6 Å². The van der Waals surface area contributed by atoms with Gasteiger partial charge in [-0.25, -0.2) is 0 Å². The summed E-state index contributed by atoms with van der Waals surface area (Å²) in [5.74, 6) is 1.95. The molecule has 11 heteroatoms. The number of allylic oxidation sites excluding steroid dienone is 1. The fraction of sp³-hybridized carbons (Fsp3) is 0.879. The van der Waals surface area contributed by atoms with E-state index >= 15 is 0 Å². The molecule has 3 saturated carbocycles. The molecule has 0 saturated heterocycles. The molecule has 9 nitrogen and oxygen atoms in total. The number of rotatable bonds is 15. The smallest absolute Gasteiger partial charge is 0.345 e. The quantitative estimate of drug-likeness (QED) is 0.0968. The van der Waals surface area contributed by atoms with Gasteiger partial charge in [0.2, 0.25) is 0 Å². The second kappa shape index (κ2) is 14.5. The molecular weight excluding hydrogens is 602 g/mol. The summed E-state index contributed by atoms with van der Waals surface area (Å²) in [7, 11) is -7.85. The van der Waals surface area contributed by atoms with Gasteiger partial charge in [-0.1, -0.05) is 25.5 Å². The summed E-state index contributed by atoms with van der Waals surface area (Å²) in [6, 6.07) is 0. The summed E-state index contributed by atoms with van der Waals surface area (Å²) >= 11 is 0. The minimum Gasteiger partial charge on any atom is -0.462 e. The van der Waals surface area contributed by atoms with Gasteiger partial charge in [0.25, 0.3) is 0 Å². The minimum absolute atomic E-state index is 0.0638. The number of hydrogen-bond acceptors (Lipinski definition) is 9. The molecule has 0 radical (unpaired) electrons. The van der Waals surface area contributed by atoms with E-state index in [1.54, 1.807) is 34.6 Å². The standard InChI is InChI=1S/C33H56O9P2/c1-8-38-43(36,39-9-2)31(44(37,40-10-3)41-11-4)17-16-30(35)42-25-18-20-32(6)24(22-25)12-13-26-28-15-14-27(23(5)34)33(28,7)21-19-29(26)32/h12,25-29,31H,8-11,13-22H2,1-7H3/t25-,26-,27+,28-,29-,32-,33+/m0/s1. The zero-order chi connectivity index (χ0) is 32.3. The lowest BCUT2D eigenvalue weighted by atomic mass is 9.47.